The molecule has 0 bridgehead atoms. The van der Waals surface area contributed by atoms with Gasteiger partial charge in [0.1, 0.15) is 6.61 Å². The Morgan fingerprint density at radius 3 is 2.80 bits per heavy atom. The van der Waals surface area contributed by atoms with Crippen molar-refractivity contribution in [2.75, 3.05) is 46.6 Å². The van der Waals surface area contributed by atoms with Crippen LogP contribution in [-0.2, 0) is 14.3 Å². The molecule has 88 valence electrons. The lowest BCUT2D eigenvalue weighted by Crippen LogP contribution is -2.36. The van der Waals surface area contributed by atoms with Crippen LogP contribution in [0.25, 0.3) is 0 Å². The Morgan fingerprint density at radius 1 is 1.53 bits per heavy atom. The van der Waals surface area contributed by atoms with E-state index in [0.717, 1.165) is 0 Å². The normalized spacial score (nSPS) is 10.0. The summed E-state index contributed by atoms with van der Waals surface area (Å²) in [6.07, 6.45) is 1.61. The number of hydrogen-bond acceptors (Lipinski definition) is 4. The largest absolute Gasteiger partial charge is 0.395 e. The maximum absolute atomic E-state index is 11.5. The van der Waals surface area contributed by atoms with Crippen LogP contribution in [0.2, 0.25) is 0 Å². The summed E-state index contributed by atoms with van der Waals surface area (Å²) >= 11 is 0. The average Bonchev–Trinajstić information content (AvgIpc) is 2.24. The van der Waals surface area contributed by atoms with Crippen LogP contribution >= 0.6 is 0 Å². The number of aliphatic hydroxyl groups is 1. The summed E-state index contributed by atoms with van der Waals surface area (Å²) in [7, 11) is 1.57. The highest BCUT2D eigenvalue weighted by atomic mass is 16.5. The number of carbonyl (C=O) groups is 1. The Kier molecular flexibility index (Phi) is 9.05. The summed E-state index contributed by atoms with van der Waals surface area (Å²) in [6, 6.07) is 0. The van der Waals surface area contributed by atoms with Gasteiger partial charge in [-0.15, -0.1) is 6.58 Å². The molecule has 0 saturated carbocycles. The molecule has 15 heavy (non-hydrogen) atoms. The van der Waals surface area contributed by atoms with Crippen LogP contribution in [0.4, 0.5) is 0 Å². The van der Waals surface area contributed by atoms with Gasteiger partial charge in [-0.3, -0.25) is 4.79 Å². The van der Waals surface area contributed by atoms with Gasteiger partial charge in [-0.1, -0.05) is 6.08 Å². The molecule has 0 atom stereocenters. The number of hydrogen-bond donors (Lipinski definition) is 1. The van der Waals surface area contributed by atoms with Crippen molar-refractivity contribution in [3.63, 3.8) is 0 Å². The van der Waals surface area contributed by atoms with Crippen LogP contribution < -0.4 is 0 Å². The second-order valence-corrected chi connectivity index (χ2v) is 2.90. The van der Waals surface area contributed by atoms with E-state index in [-0.39, 0.29) is 19.1 Å². The van der Waals surface area contributed by atoms with E-state index in [1.54, 1.807) is 13.2 Å². The van der Waals surface area contributed by atoms with Crippen molar-refractivity contribution in [3.8, 4) is 0 Å². The second kappa shape index (κ2) is 9.64. The van der Waals surface area contributed by atoms with Crippen LogP contribution in [0, 0.1) is 0 Å². The standard InChI is InChI=1S/C10H19NO4/c1-3-4-11(5-6-12)10(13)9-15-8-7-14-2/h3,12H,1,4-9H2,2H3. The van der Waals surface area contributed by atoms with E-state index in [2.05, 4.69) is 6.58 Å². The monoisotopic (exact) mass is 217 g/mol. The molecule has 1 amide bonds. The van der Waals surface area contributed by atoms with E-state index in [1.165, 1.54) is 4.90 Å². The van der Waals surface area contributed by atoms with Gasteiger partial charge < -0.3 is 19.5 Å². The minimum atomic E-state index is -0.153. The SMILES string of the molecule is C=CCN(CCO)C(=O)COCCOC. The molecule has 0 heterocycles. The molecule has 5 nitrogen and oxygen atoms in total. The third-order valence-electron chi connectivity index (χ3n) is 1.73. The zero-order valence-electron chi connectivity index (χ0n) is 9.15. The average molecular weight is 217 g/mol. The first kappa shape index (κ1) is 14.1. The van der Waals surface area contributed by atoms with E-state index in [0.29, 0.717) is 26.3 Å². The number of nitrogens with zero attached hydrogens (tertiary/aromatic N) is 1. The van der Waals surface area contributed by atoms with Gasteiger partial charge in [0, 0.05) is 20.2 Å². The summed E-state index contributed by atoms with van der Waals surface area (Å²) in [5.74, 6) is -0.153. The third kappa shape index (κ3) is 7.07. The molecular formula is C10H19NO4. The number of aliphatic hydroxyl groups excluding tert-OH is 1. The zero-order chi connectivity index (χ0) is 11.5. The smallest absolute Gasteiger partial charge is 0.248 e. The molecule has 0 aromatic rings. The predicted molar refractivity (Wildman–Crippen MR) is 56.6 cm³/mol. The Hall–Kier alpha value is -0.910. The van der Waals surface area contributed by atoms with Crippen LogP contribution in [-0.4, -0.2) is 62.5 Å². The number of rotatable bonds is 9. The molecule has 0 aliphatic heterocycles. The minimum Gasteiger partial charge on any atom is -0.395 e. The Labute approximate surface area is 90.3 Å². The molecule has 0 unspecified atom stereocenters. The fraction of sp³-hybridized carbons (Fsp3) is 0.700. The third-order valence-corrected chi connectivity index (χ3v) is 1.73. The van der Waals surface area contributed by atoms with Crippen molar-refractivity contribution in [2.24, 2.45) is 0 Å². The van der Waals surface area contributed by atoms with Crippen LogP contribution in [0.3, 0.4) is 0 Å². The molecule has 0 aliphatic carbocycles. The summed E-state index contributed by atoms with van der Waals surface area (Å²) in [5, 5.41) is 8.73. The molecule has 0 aromatic heterocycles. The number of ether oxygens (including phenoxy) is 2. The quantitative estimate of drug-likeness (QED) is 0.424. The molecule has 0 rings (SSSR count). The molecule has 0 aromatic carbocycles. The van der Waals surface area contributed by atoms with Gasteiger partial charge in [-0.05, 0) is 0 Å². The highest BCUT2D eigenvalue weighted by Crippen LogP contribution is 1.91. The van der Waals surface area contributed by atoms with Gasteiger partial charge in [-0.25, -0.2) is 0 Å². The van der Waals surface area contributed by atoms with Crippen molar-refractivity contribution in [1.29, 1.82) is 0 Å². The summed E-state index contributed by atoms with van der Waals surface area (Å²) in [6.45, 7) is 5.08. The Morgan fingerprint density at radius 2 is 2.27 bits per heavy atom. The first-order chi connectivity index (χ1) is 7.26. The van der Waals surface area contributed by atoms with Gasteiger partial charge in [-0.2, -0.15) is 0 Å². The van der Waals surface area contributed by atoms with E-state index >= 15 is 0 Å². The molecule has 0 radical (unpaired) electrons. The maximum atomic E-state index is 11.5. The molecular weight excluding hydrogens is 198 g/mol. The summed E-state index contributed by atoms with van der Waals surface area (Å²) in [5.41, 5.74) is 0. The van der Waals surface area contributed by atoms with Crippen molar-refractivity contribution >= 4 is 5.91 Å². The van der Waals surface area contributed by atoms with Crippen LogP contribution in [0.5, 0.6) is 0 Å². The first-order valence-electron chi connectivity index (χ1n) is 4.82. The maximum Gasteiger partial charge on any atom is 0.248 e. The number of carbonyl (C=O) groups excluding carboxylic acids is 1. The van der Waals surface area contributed by atoms with Gasteiger partial charge in [0.15, 0.2) is 0 Å². The van der Waals surface area contributed by atoms with Crippen LogP contribution in [0.15, 0.2) is 12.7 Å². The topological polar surface area (TPSA) is 59.0 Å². The summed E-state index contributed by atoms with van der Waals surface area (Å²) in [4.78, 5) is 13.0. The highest BCUT2D eigenvalue weighted by molar-refractivity contribution is 5.77. The number of amides is 1. The number of methoxy groups -OCH3 is 1. The highest BCUT2D eigenvalue weighted by Gasteiger charge is 2.10. The molecule has 1 N–H and O–H groups in total. The molecule has 5 heteroatoms. The predicted octanol–water partition coefficient (Wildman–Crippen LogP) is -0.344. The van der Waals surface area contributed by atoms with Gasteiger partial charge in [0.2, 0.25) is 5.91 Å². The fourth-order valence-electron chi connectivity index (χ4n) is 0.987. The second-order valence-electron chi connectivity index (χ2n) is 2.90. The first-order valence-corrected chi connectivity index (χ1v) is 4.82. The lowest BCUT2D eigenvalue weighted by atomic mass is 10.4. The Balaban J connectivity index is 3.75. The molecule has 0 fully saturated rings. The lowest BCUT2D eigenvalue weighted by Gasteiger charge is -2.19. The Bertz CT molecular complexity index is 184. The van der Waals surface area contributed by atoms with Gasteiger partial charge >= 0.3 is 0 Å². The van der Waals surface area contributed by atoms with Crippen molar-refractivity contribution in [1.82, 2.24) is 4.90 Å². The van der Waals surface area contributed by atoms with E-state index in [1.807, 2.05) is 0 Å². The van der Waals surface area contributed by atoms with E-state index in [9.17, 15) is 4.79 Å². The van der Waals surface area contributed by atoms with E-state index < -0.39 is 0 Å². The van der Waals surface area contributed by atoms with Crippen molar-refractivity contribution < 1.29 is 19.4 Å². The van der Waals surface area contributed by atoms with Crippen molar-refractivity contribution in [2.45, 2.75) is 0 Å². The lowest BCUT2D eigenvalue weighted by molar-refractivity contribution is -0.136. The molecule has 0 aliphatic rings. The molecule has 0 saturated heterocycles. The molecule has 0 spiro atoms. The van der Waals surface area contributed by atoms with Crippen molar-refractivity contribution in [3.05, 3.63) is 12.7 Å². The van der Waals surface area contributed by atoms with Gasteiger partial charge in [0.25, 0.3) is 0 Å². The fourth-order valence-corrected chi connectivity index (χ4v) is 0.987. The summed E-state index contributed by atoms with van der Waals surface area (Å²) < 4.78 is 9.85. The van der Waals surface area contributed by atoms with Gasteiger partial charge in [0.05, 0.1) is 19.8 Å². The van der Waals surface area contributed by atoms with E-state index in [4.69, 9.17) is 14.6 Å². The zero-order valence-corrected chi connectivity index (χ0v) is 9.15. The minimum absolute atomic E-state index is 0.0111. The van der Waals surface area contributed by atoms with Crippen LogP contribution in [0.1, 0.15) is 0 Å².